The van der Waals surface area contributed by atoms with Gasteiger partial charge in [0.15, 0.2) is 4.34 Å². The van der Waals surface area contributed by atoms with E-state index in [2.05, 4.69) is 36.7 Å². The van der Waals surface area contributed by atoms with Crippen molar-refractivity contribution in [2.45, 2.75) is 11.3 Å². The Kier molecular flexibility index (Phi) is 5.49. The van der Waals surface area contributed by atoms with Crippen LogP contribution in [0.3, 0.4) is 0 Å². The summed E-state index contributed by atoms with van der Waals surface area (Å²) in [5, 5.41) is 14.5. The molecule has 2 aromatic heterocycles. The number of hydrogen-bond acceptors (Lipinski definition) is 7. The van der Waals surface area contributed by atoms with E-state index in [4.69, 9.17) is 0 Å². The number of halogens is 1. The van der Waals surface area contributed by atoms with E-state index >= 15 is 0 Å². The molecule has 2 heterocycles. The number of carbonyl (C=O) groups excluding carboxylic acids is 1. The molecule has 0 saturated heterocycles. The van der Waals surface area contributed by atoms with Gasteiger partial charge in [-0.05, 0) is 28.9 Å². The van der Waals surface area contributed by atoms with Crippen LogP contribution in [0.25, 0.3) is 0 Å². The zero-order valence-electron chi connectivity index (χ0n) is 9.79. The van der Waals surface area contributed by atoms with E-state index in [0.29, 0.717) is 0 Å². The highest BCUT2D eigenvalue weighted by molar-refractivity contribution is 9.10. The van der Waals surface area contributed by atoms with E-state index in [1.807, 2.05) is 18.4 Å². The SMILES string of the molecule is Cc1nnc(SCC(=O)N/N=C/c2cc(Br)cs2)s1. The molecule has 1 N–H and O–H groups in total. The first kappa shape index (κ1) is 14.6. The van der Waals surface area contributed by atoms with Crippen molar-refractivity contribution < 1.29 is 4.79 Å². The molecular weight excluding hydrogens is 368 g/mol. The van der Waals surface area contributed by atoms with Gasteiger partial charge in [0, 0.05) is 14.7 Å². The van der Waals surface area contributed by atoms with Gasteiger partial charge in [0.25, 0.3) is 5.91 Å². The van der Waals surface area contributed by atoms with Gasteiger partial charge in [0.2, 0.25) is 0 Å². The van der Waals surface area contributed by atoms with Gasteiger partial charge in [-0.25, -0.2) is 5.43 Å². The fraction of sp³-hybridized carbons (Fsp3) is 0.200. The monoisotopic (exact) mass is 376 g/mol. The first-order chi connectivity index (χ1) is 9.13. The van der Waals surface area contributed by atoms with E-state index in [1.54, 1.807) is 17.6 Å². The number of rotatable bonds is 5. The molecule has 0 aromatic carbocycles. The molecule has 2 aromatic rings. The lowest BCUT2D eigenvalue weighted by Crippen LogP contribution is -2.19. The number of nitrogens with zero attached hydrogens (tertiary/aromatic N) is 3. The normalized spacial score (nSPS) is 11.1. The van der Waals surface area contributed by atoms with Gasteiger partial charge < -0.3 is 0 Å². The van der Waals surface area contributed by atoms with Crippen molar-refractivity contribution in [3.63, 3.8) is 0 Å². The first-order valence-corrected chi connectivity index (χ1v) is 8.60. The van der Waals surface area contributed by atoms with Gasteiger partial charge in [0.1, 0.15) is 5.01 Å². The molecule has 1 amide bonds. The van der Waals surface area contributed by atoms with Crippen LogP contribution in [0.4, 0.5) is 0 Å². The Balaban J connectivity index is 1.74. The number of thioether (sulfide) groups is 1. The lowest BCUT2D eigenvalue weighted by Gasteiger charge is -1.96. The molecule has 0 aliphatic carbocycles. The first-order valence-electron chi connectivity index (χ1n) is 5.12. The van der Waals surface area contributed by atoms with E-state index in [9.17, 15) is 4.79 Å². The third-order valence-electron chi connectivity index (χ3n) is 1.80. The molecule has 5 nitrogen and oxygen atoms in total. The maximum absolute atomic E-state index is 11.5. The summed E-state index contributed by atoms with van der Waals surface area (Å²) in [6.07, 6.45) is 1.62. The summed E-state index contributed by atoms with van der Waals surface area (Å²) in [6, 6.07) is 1.93. The Morgan fingerprint density at radius 1 is 1.63 bits per heavy atom. The zero-order chi connectivity index (χ0) is 13.7. The second kappa shape index (κ2) is 7.13. The van der Waals surface area contributed by atoms with Crippen molar-refractivity contribution in [2.24, 2.45) is 5.10 Å². The van der Waals surface area contributed by atoms with Crippen molar-refractivity contribution in [3.05, 3.63) is 25.8 Å². The molecule has 0 saturated carbocycles. The van der Waals surface area contributed by atoms with Crippen LogP contribution in [-0.4, -0.2) is 28.1 Å². The number of aromatic nitrogens is 2. The highest BCUT2D eigenvalue weighted by Crippen LogP contribution is 2.21. The van der Waals surface area contributed by atoms with E-state index in [0.717, 1.165) is 18.7 Å². The Hall–Kier alpha value is -0.770. The maximum Gasteiger partial charge on any atom is 0.250 e. The zero-order valence-corrected chi connectivity index (χ0v) is 13.8. The van der Waals surface area contributed by atoms with Gasteiger partial charge in [-0.2, -0.15) is 5.10 Å². The van der Waals surface area contributed by atoms with E-state index in [1.165, 1.54) is 23.1 Å². The largest absolute Gasteiger partial charge is 0.272 e. The smallest absolute Gasteiger partial charge is 0.250 e. The molecule has 0 radical (unpaired) electrons. The van der Waals surface area contributed by atoms with Crippen molar-refractivity contribution >= 4 is 62.5 Å². The summed E-state index contributed by atoms with van der Waals surface area (Å²) in [7, 11) is 0. The fourth-order valence-electron chi connectivity index (χ4n) is 1.06. The van der Waals surface area contributed by atoms with Crippen LogP contribution in [0, 0.1) is 6.92 Å². The molecule has 0 unspecified atom stereocenters. The minimum atomic E-state index is -0.162. The summed E-state index contributed by atoms with van der Waals surface area (Å²) < 4.78 is 1.80. The number of thiophene rings is 1. The number of aryl methyl sites for hydroxylation is 1. The van der Waals surface area contributed by atoms with Gasteiger partial charge in [-0.3, -0.25) is 4.79 Å². The lowest BCUT2D eigenvalue weighted by molar-refractivity contribution is -0.118. The fourth-order valence-corrected chi connectivity index (χ4v) is 3.97. The Morgan fingerprint density at radius 3 is 3.11 bits per heavy atom. The minimum Gasteiger partial charge on any atom is -0.272 e. The Morgan fingerprint density at radius 2 is 2.47 bits per heavy atom. The summed E-state index contributed by atoms with van der Waals surface area (Å²) in [5.41, 5.74) is 2.47. The third-order valence-corrected chi connectivity index (χ3v) is 5.40. The quantitative estimate of drug-likeness (QED) is 0.494. The van der Waals surface area contributed by atoms with Crippen LogP contribution in [0.2, 0.25) is 0 Å². The number of hydrogen-bond donors (Lipinski definition) is 1. The average Bonchev–Trinajstić information content (AvgIpc) is 2.96. The van der Waals surface area contributed by atoms with Crippen LogP contribution >= 0.6 is 50.4 Å². The molecular formula is C10H9BrN4OS3. The predicted octanol–water partition coefficient (Wildman–Crippen LogP) is 2.91. The number of carbonyl (C=O) groups is 1. The van der Waals surface area contributed by atoms with Crippen LogP contribution in [0.15, 0.2) is 25.4 Å². The highest BCUT2D eigenvalue weighted by Gasteiger charge is 2.05. The topological polar surface area (TPSA) is 67.2 Å². The summed E-state index contributed by atoms with van der Waals surface area (Å²) >= 11 is 7.72. The Bertz CT molecular complexity index is 595. The molecule has 0 spiro atoms. The molecule has 19 heavy (non-hydrogen) atoms. The molecule has 0 aliphatic heterocycles. The second-order valence-corrected chi connectivity index (χ2v) is 7.60. The van der Waals surface area contributed by atoms with E-state index in [-0.39, 0.29) is 11.7 Å². The highest BCUT2D eigenvalue weighted by atomic mass is 79.9. The standard InChI is InChI=1S/C10H9BrN4OS3/c1-6-13-15-10(19-6)18-5-9(16)14-12-3-8-2-7(11)4-17-8/h2-4H,5H2,1H3,(H,14,16)/b12-3+. The minimum absolute atomic E-state index is 0.162. The average molecular weight is 377 g/mol. The van der Waals surface area contributed by atoms with E-state index < -0.39 is 0 Å². The second-order valence-electron chi connectivity index (χ2n) is 3.34. The molecule has 100 valence electrons. The predicted molar refractivity (Wildman–Crippen MR) is 83.1 cm³/mol. The molecule has 2 rings (SSSR count). The van der Waals surface area contributed by atoms with Gasteiger partial charge in [-0.15, -0.1) is 21.5 Å². The summed E-state index contributed by atoms with van der Waals surface area (Å²) in [4.78, 5) is 12.5. The lowest BCUT2D eigenvalue weighted by atomic mass is 10.5. The molecule has 0 bridgehead atoms. The van der Waals surface area contributed by atoms with Crippen LogP contribution in [0.5, 0.6) is 0 Å². The molecule has 0 aliphatic rings. The summed E-state index contributed by atoms with van der Waals surface area (Å²) in [6.45, 7) is 1.88. The van der Waals surface area contributed by atoms with Crippen molar-refractivity contribution in [1.29, 1.82) is 0 Å². The summed E-state index contributed by atoms with van der Waals surface area (Å²) in [5.74, 6) is 0.116. The maximum atomic E-state index is 11.5. The molecule has 0 fully saturated rings. The van der Waals surface area contributed by atoms with Crippen LogP contribution in [0.1, 0.15) is 9.88 Å². The number of hydrazone groups is 1. The molecule has 9 heteroatoms. The van der Waals surface area contributed by atoms with Crippen molar-refractivity contribution in [3.8, 4) is 0 Å². The number of amides is 1. The van der Waals surface area contributed by atoms with Gasteiger partial charge in [-0.1, -0.05) is 23.1 Å². The van der Waals surface area contributed by atoms with Gasteiger partial charge in [0.05, 0.1) is 12.0 Å². The molecule has 0 atom stereocenters. The number of nitrogens with one attached hydrogen (secondary N) is 1. The van der Waals surface area contributed by atoms with Crippen LogP contribution < -0.4 is 5.43 Å². The van der Waals surface area contributed by atoms with Crippen molar-refractivity contribution in [2.75, 3.05) is 5.75 Å². The van der Waals surface area contributed by atoms with Crippen molar-refractivity contribution in [1.82, 2.24) is 15.6 Å². The Labute approximate surface area is 130 Å². The van der Waals surface area contributed by atoms with Gasteiger partial charge >= 0.3 is 0 Å². The third kappa shape index (κ3) is 5.01. The van der Waals surface area contributed by atoms with Crippen LogP contribution in [-0.2, 0) is 4.79 Å².